The van der Waals surface area contributed by atoms with Gasteiger partial charge in [0.25, 0.3) is 0 Å². The molecule has 78 valence electrons. The second-order valence-electron chi connectivity index (χ2n) is 4.10. The van der Waals surface area contributed by atoms with Crippen LogP contribution in [-0.2, 0) is 5.41 Å². The van der Waals surface area contributed by atoms with Crippen molar-refractivity contribution in [1.82, 2.24) is 0 Å². The molecule has 0 aromatic heterocycles. The molecule has 1 rings (SSSR count). The summed E-state index contributed by atoms with van der Waals surface area (Å²) in [5, 5.41) is 9.70. The van der Waals surface area contributed by atoms with E-state index in [0.29, 0.717) is 0 Å². The number of aliphatic hydroxyl groups excluding tert-OH is 1. The summed E-state index contributed by atoms with van der Waals surface area (Å²) < 4.78 is 5.27. The number of hydrogen-bond acceptors (Lipinski definition) is 2. The number of rotatable bonds is 3. The monoisotopic (exact) mass is 194 g/mol. The molecule has 0 aliphatic carbocycles. The maximum atomic E-state index is 9.70. The maximum Gasteiger partial charge on any atom is 0.122 e. The molecule has 0 spiro atoms. The van der Waals surface area contributed by atoms with E-state index in [4.69, 9.17) is 4.74 Å². The standard InChI is InChI=1S/C12H18O2/c1-9(13)12(2,3)10-7-5-6-8-11(10)14-4/h5-9,13H,1-4H3. The van der Waals surface area contributed by atoms with E-state index in [9.17, 15) is 5.11 Å². The highest BCUT2D eigenvalue weighted by molar-refractivity contribution is 5.39. The van der Waals surface area contributed by atoms with Crippen molar-refractivity contribution in [1.29, 1.82) is 0 Å². The summed E-state index contributed by atoms with van der Waals surface area (Å²) in [5.41, 5.74) is 0.754. The molecular weight excluding hydrogens is 176 g/mol. The van der Waals surface area contributed by atoms with Gasteiger partial charge in [0.2, 0.25) is 0 Å². The molecule has 0 aliphatic rings. The second-order valence-corrected chi connectivity index (χ2v) is 4.10. The van der Waals surface area contributed by atoms with E-state index in [1.165, 1.54) is 0 Å². The highest BCUT2D eigenvalue weighted by atomic mass is 16.5. The van der Waals surface area contributed by atoms with Crippen LogP contribution < -0.4 is 4.74 Å². The highest BCUT2D eigenvalue weighted by Crippen LogP contribution is 2.33. The molecule has 1 atom stereocenters. The van der Waals surface area contributed by atoms with E-state index in [1.54, 1.807) is 14.0 Å². The highest BCUT2D eigenvalue weighted by Gasteiger charge is 2.29. The maximum absolute atomic E-state index is 9.70. The topological polar surface area (TPSA) is 29.5 Å². The van der Waals surface area contributed by atoms with Crippen LogP contribution in [0.3, 0.4) is 0 Å². The summed E-state index contributed by atoms with van der Waals surface area (Å²) >= 11 is 0. The predicted octanol–water partition coefficient (Wildman–Crippen LogP) is 2.35. The Morgan fingerprint density at radius 3 is 2.36 bits per heavy atom. The van der Waals surface area contributed by atoms with Crippen molar-refractivity contribution in [2.24, 2.45) is 0 Å². The van der Waals surface area contributed by atoms with Crippen molar-refractivity contribution in [3.05, 3.63) is 29.8 Å². The third-order valence-electron chi connectivity index (χ3n) is 2.85. The molecule has 0 aliphatic heterocycles. The Bertz CT molecular complexity index is 303. The van der Waals surface area contributed by atoms with Crippen LogP contribution >= 0.6 is 0 Å². The van der Waals surface area contributed by atoms with Crippen molar-refractivity contribution in [3.63, 3.8) is 0 Å². The van der Waals surface area contributed by atoms with Crippen LogP contribution in [-0.4, -0.2) is 18.3 Å². The summed E-state index contributed by atoms with van der Waals surface area (Å²) in [4.78, 5) is 0. The largest absolute Gasteiger partial charge is 0.496 e. The lowest BCUT2D eigenvalue weighted by Crippen LogP contribution is -2.31. The summed E-state index contributed by atoms with van der Waals surface area (Å²) in [6.45, 7) is 5.82. The Morgan fingerprint density at radius 1 is 1.29 bits per heavy atom. The van der Waals surface area contributed by atoms with Crippen molar-refractivity contribution < 1.29 is 9.84 Å². The zero-order chi connectivity index (χ0) is 10.8. The molecule has 0 radical (unpaired) electrons. The second kappa shape index (κ2) is 4.01. The van der Waals surface area contributed by atoms with Crippen molar-refractivity contribution >= 4 is 0 Å². The number of para-hydroxylation sites is 1. The summed E-state index contributed by atoms with van der Waals surface area (Å²) in [5.74, 6) is 0.832. The number of methoxy groups -OCH3 is 1. The zero-order valence-electron chi connectivity index (χ0n) is 9.24. The van der Waals surface area contributed by atoms with Crippen LogP contribution in [0.1, 0.15) is 26.3 Å². The number of benzene rings is 1. The lowest BCUT2D eigenvalue weighted by Gasteiger charge is -2.29. The van der Waals surface area contributed by atoms with E-state index >= 15 is 0 Å². The van der Waals surface area contributed by atoms with Gasteiger partial charge in [0.05, 0.1) is 13.2 Å². The van der Waals surface area contributed by atoms with E-state index < -0.39 is 6.10 Å². The Kier molecular flexibility index (Phi) is 3.17. The van der Waals surface area contributed by atoms with Gasteiger partial charge in [-0.3, -0.25) is 0 Å². The van der Waals surface area contributed by atoms with Gasteiger partial charge >= 0.3 is 0 Å². The molecule has 0 fully saturated rings. The molecule has 1 aromatic carbocycles. The van der Waals surface area contributed by atoms with E-state index in [2.05, 4.69) is 0 Å². The molecule has 0 amide bonds. The smallest absolute Gasteiger partial charge is 0.122 e. The fourth-order valence-corrected chi connectivity index (χ4v) is 1.40. The van der Waals surface area contributed by atoms with Gasteiger partial charge in [-0.1, -0.05) is 32.0 Å². The third kappa shape index (κ3) is 1.90. The molecule has 0 heterocycles. The fraction of sp³-hybridized carbons (Fsp3) is 0.500. The van der Waals surface area contributed by atoms with Crippen LogP contribution in [0.4, 0.5) is 0 Å². The van der Waals surface area contributed by atoms with Crippen LogP contribution in [0, 0.1) is 0 Å². The fourth-order valence-electron chi connectivity index (χ4n) is 1.40. The first kappa shape index (κ1) is 11.1. The first-order valence-electron chi connectivity index (χ1n) is 4.81. The minimum absolute atomic E-state index is 0.285. The normalized spacial score (nSPS) is 13.8. The average Bonchev–Trinajstić information content (AvgIpc) is 2.17. The summed E-state index contributed by atoms with van der Waals surface area (Å²) in [6, 6.07) is 7.80. The van der Waals surface area contributed by atoms with Gasteiger partial charge < -0.3 is 9.84 Å². The van der Waals surface area contributed by atoms with Crippen molar-refractivity contribution in [2.75, 3.05) is 7.11 Å². The summed E-state index contributed by atoms with van der Waals surface area (Å²) in [7, 11) is 1.65. The Labute approximate surface area is 85.5 Å². The predicted molar refractivity (Wildman–Crippen MR) is 57.7 cm³/mol. The number of ether oxygens (including phenoxy) is 1. The molecule has 1 N–H and O–H groups in total. The molecule has 1 aromatic rings. The van der Waals surface area contributed by atoms with Gasteiger partial charge in [0.15, 0.2) is 0 Å². The van der Waals surface area contributed by atoms with Crippen LogP contribution in [0.5, 0.6) is 5.75 Å². The molecule has 1 unspecified atom stereocenters. The lowest BCUT2D eigenvalue weighted by atomic mass is 9.79. The van der Waals surface area contributed by atoms with E-state index in [1.807, 2.05) is 38.1 Å². The van der Waals surface area contributed by atoms with E-state index in [0.717, 1.165) is 11.3 Å². The van der Waals surface area contributed by atoms with Crippen LogP contribution in [0.25, 0.3) is 0 Å². The van der Waals surface area contributed by atoms with Crippen LogP contribution in [0.15, 0.2) is 24.3 Å². The summed E-state index contributed by atoms with van der Waals surface area (Å²) in [6.07, 6.45) is -0.404. The van der Waals surface area contributed by atoms with Gasteiger partial charge in [-0.25, -0.2) is 0 Å². The number of aliphatic hydroxyl groups is 1. The minimum Gasteiger partial charge on any atom is -0.496 e. The minimum atomic E-state index is -0.404. The molecular formula is C12H18O2. The Hall–Kier alpha value is -1.02. The first-order valence-corrected chi connectivity index (χ1v) is 4.81. The molecule has 2 heteroatoms. The van der Waals surface area contributed by atoms with Crippen molar-refractivity contribution in [3.8, 4) is 5.75 Å². The SMILES string of the molecule is COc1ccccc1C(C)(C)C(C)O. The quantitative estimate of drug-likeness (QED) is 0.800. The molecule has 14 heavy (non-hydrogen) atoms. The number of hydrogen-bond donors (Lipinski definition) is 1. The van der Waals surface area contributed by atoms with Gasteiger partial charge in [-0.05, 0) is 13.0 Å². The molecule has 2 nitrogen and oxygen atoms in total. The Morgan fingerprint density at radius 2 is 1.86 bits per heavy atom. The third-order valence-corrected chi connectivity index (χ3v) is 2.85. The van der Waals surface area contributed by atoms with Crippen molar-refractivity contribution in [2.45, 2.75) is 32.3 Å². The zero-order valence-corrected chi connectivity index (χ0v) is 9.24. The average molecular weight is 194 g/mol. The molecule has 0 saturated heterocycles. The van der Waals surface area contributed by atoms with Crippen LogP contribution in [0.2, 0.25) is 0 Å². The van der Waals surface area contributed by atoms with Gasteiger partial charge in [0, 0.05) is 11.0 Å². The van der Waals surface area contributed by atoms with Gasteiger partial charge in [0.1, 0.15) is 5.75 Å². The molecule has 0 saturated carbocycles. The van der Waals surface area contributed by atoms with E-state index in [-0.39, 0.29) is 5.41 Å². The van der Waals surface area contributed by atoms with Gasteiger partial charge in [-0.2, -0.15) is 0 Å². The Balaban J connectivity index is 3.17. The molecule has 0 bridgehead atoms. The van der Waals surface area contributed by atoms with Gasteiger partial charge in [-0.15, -0.1) is 0 Å². The first-order chi connectivity index (χ1) is 6.50. The lowest BCUT2D eigenvalue weighted by molar-refractivity contribution is 0.116.